The van der Waals surface area contributed by atoms with Crippen molar-refractivity contribution in [1.82, 2.24) is 0 Å². The van der Waals surface area contributed by atoms with Crippen LogP contribution in [0.3, 0.4) is 0 Å². The molecule has 31 heavy (non-hydrogen) atoms. The highest BCUT2D eigenvalue weighted by Crippen LogP contribution is 2.41. The van der Waals surface area contributed by atoms with Crippen LogP contribution in [0.25, 0.3) is 5.76 Å². The van der Waals surface area contributed by atoms with Gasteiger partial charge in [0.2, 0.25) is 5.69 Å². The van der Waals surface area contributed by atoms with Gasteiger partial charge in [0.15, 0.2) is 11.5 Å². The van der Waals surface area contributed by atoms with Gasteiger partial charge in [-0.05, 0) is 25.5 Å². The number of allylic oxidation sites excluding steroid dienone is 2. The molecule has 2 aromatic rings. The van der Waals surface area contributed by atoms with E-state index in [-0.39, 0.29) is 28.6 Å². The lowest BCUT2D eigenvalue weighted by molar-refractivity contribution is -0.401. The molecule has 0 N–H and O–H groups in total. The minimum absolute atomic E-state index is 0.144. The normalized spacial score (nSPS) is 23.1. The second kappa shape index (κ2) is 7.09. The molecule has 0 spiro atoms. The van der Waals surface area contributed by atoms with Crippen molar-refractivity contribution in [3.8, 4) is 0 Å². The first-order valence-corrected chi connectivity index (χ1v) is 10.7. The molecule has 2 aliphatic heterocycles. The number of fused-ring (bicyclic) bond motifs is 1. The first-order chi connectivity index (χ1) is 14.9. The van der Waals surface area contributed by atoms with Crippen molar-refractivity contribution < 1.29 is 19.2 Å². The summed E-state index contributed by atoms with van der Waals surface area (Å²) in [5.74, 6) is 0.535. The van der Waals surface area contributed by atoms with Crippen LogP contribution in [0.2, 0.25) is 0 Å². The van der Waals surface area contributed by atoms with E-state index in [9.17, 15) is 9.90 Å². The van der Waals surface area contributed by atoms with Crippen LogP contribution in [-0.4, -0.2) is 29.2 Å². The molecule has 0 aromatic heterocycles. The minimum atomic E-state index is -0.266. The zero-order valence-corrected chi connectivity index (χ0v) is 18.0. The minimum Gasteiger partial charge on any atom is -0.872 e. The van der Waals surface area contributed by atoms with Crippen LogP contribution < -0.4 is 5.11 Å². The van der Waals surface area contributed by atoms with Gasteiger partial charge in [0.05, 0.1) is 5.41 Å². The van der Waals surface area contributed by atoms with Crippen LogP contribution in [0.15, 0.2) is 83.7 Å². The van der Waals surface area contributed by atoms with E-state index in [4.69, 9.17) is 4.74 Å². The van der Waals surface area contributed by atoms with Gasteiger partial charge in [-0.3, -0.25) is 4.79 Å². The number of rotatable bonds is 4. The molecule has 2 aromatic carbocycles. The molecule has 3 aliphatic rings. The number of carbonyl (C=O) groups excluding carboxylic acids is 1. The van der Waals surface area contributed by atoms with Crippen LogP contribution in [0.5, 0.6) is 0 Å². The number of carbonyl (C=O) groups is 1. The quantitative estimate of drug-likeness (QED) is 0.564. The first-order valence-electron chi connectivity index (χ1n) is 10.7. The van der Waals surface area contributed by atoms with E-state index >= 15 is 0 Å². The highest BCUT2D eigenvalue weighted by atomic mass is 16.5. The lowest BCUT2D eigenvalue weighted by Crippen LogP contribution is -2.35. The number of ether oxygens (including phenoxy) is 1. The van der Waals surface area contributed by atoms with E-state index in [1.807, 2.05) is 55.6 Å². The number of para-hydroxylation sites is 1. The third kappa shape index (κ3) is 3.05. The molecule has 0 amide bonds. The van der Waals surface area contributed by atoms with Crippen LogP contribution in [0.4, 0.5) is 5.69 Å². The van der Waals surface area contributed by atoms with E-state index in [2.05, 4.69) is 30.6 Å². The zero-order chi connectivity index (χ0) is 21.8. The van der Waals surface area contributed by atoms with Crippen molar-refractivity contribution >= 4 is 22.9 Å². The maximum atomic E-state index is 12.9. The monoisotopic (exact) mass is 411 g/mol. The van der Waals surface area contributed by atoms with E-state index in [1.165, 1.54) is 5.56 Å². The van der Waals surface area contributed by atoms with Gasteiger partial charge in [0.25, 0.3) is 0 Å². The van der Waals surface area contributed by atoms with Gasteiger partial charge in [0.1, 0.15) is 18.9 Å². The first kappa shape index (κ1) is 19.6. The Morgan fingerprint density at radius 3 is 2.55 bits per heavy atom. The Labute approximate surface area is 182 Å². The molecule has 0 saturated heterocycles. The summed E-state index contributed by atoms with van der Waals surface area (Å²) in [6.07, 6.45) is 4.72. The number of hydrogen-bond donors (Lipinski definition) is 0. The summed E-state index contributed by atoms with van der Waals surface area (Å²) in [7, 11) is 1.99. The maximum absolute atomic E-state index is 12.9. The molecule has 0 radical (unpaired) electrons. The number of Topliss-reactive ketones (excluding diaryl/α,β-unsaturated/α-hetero) is 1. The molecule has 1 aliphatic carbocycles. The van der Waals surface area contributed by atoms with Crippen LogP contribution in [0.1, 0.15) is 37.8 Å². The van der Waals surface area contributed by atoms with Gasteiger partial charge in [0, 0.05) is 41.7 Å². The topological polar surface area (TPSA) is 52.4 Å². The Bertz CT molecular complexity index is 1210. The van der Waals surface area contributed by atoms with Gasteiger partial charge in [-0.2, -0.15) is 4.58 Å². The Kier molecular flexibility index (Phi) is 4.47. The summed E-state index contributed by atoms with van der Waals surface area (Å²) in [4.78, 5) is 12.9. The second-order valence-corrected chi connectivity index (χ2v) is 8.90. The van der Waals surface area contributed by atoms with Crippen LogP contribution in [0, 0.1) is 0 Å². The largest absolute Gasteiger partial charge is 0.872 e. The van der Waals surface area contributed by atoms with Crippen LogP contribution >= 0.6 is 0 Å². The van der Waals surface area contributed by atoms with Gasteiger partial charge in [-0.25, -0.2) is 0 Å². The fourth-order valence-corrected chi connectivity index (χ4v) is 4.84. The summed E-state index contributed by atoms with van der Waals surface area (Å²) >= 11 is 0. The number of benzene rings is 2. The van der Waals surface area contributed by atoms with Crippen molar-refractivity contribution in [2.45, 2.75) is 38.2 Å². The molecule has 4 nitrogen and oxygen atoms in total. The molecule has 1 unspecified atom stereocenters. The molecule has 0 bridgehead atoms. The molecule has 5 rings (SSSR count). The standard InChI is InChI=1S/C27H25NO3/c1-27(2)21-11-7-8-12-22(21)28(3)24(27)16-20-25(29)19(26(20)30)15-18-13-14-23(31-18)17-9-5-4-6-10-17/h4-12,14,16,18H,13,15H2,1-3H3. The lowest BCUT2D eigenvalue weighted by Gasteiger charge is -2.32. The zero-order valence-electron chi connectivity index (χ0n) is 18.0. The summed E-state index contributed by atoms with van der Waals surface area (Å²) < 4.78 is 8.09. The van der Waals surface area contributed by atoms with E-state index < -0.39 is 0 Å². The fraction of sp³-hybridized carbons (Fsp3) is 0.259. The van der Waals surface area contributed by atoms with Gasteiger partial charge in [-0.15, -0.1) is 0 Å². The van der Waals surface area contributed by atoms with E-state index in [1.54, 1.807) is 6.08 Å². The molecule has 0 saturated carbocycles. The van der Waals surface area contributed by atoms with Crippen molar-refractivity contribution in [1.29, 1.82) is 0 Å². The highest BCUT2D eigenvalue weighted by Gasteiger charge is 2.44. The smallest absolute Gasteiger partial charge is 0.209 e. The average Bonchev–Trinajstić information content (AvgIpc) is 3.33. The van der Waals surface area contributed by atoms with Crippen molar-refractivity contribution in [2.75, 3.05) is 7.05 Å². The molecular formula is C27H25NO3. The summed E-state index contributed by atoms with van der Waals surface area (Å²) in [6.45, 7) is 4.26. The third-order valence-electron chi connectivity index (χ3n) is 6.61. The van der Waals surface area contributed by atoms with Gasteiger partial charge >= 0.3 is 0 Å². The van der Waals surface area contributed by atoms with Crippen molar-refractivity contribution in [2.24, 2.45) is 0 Å². The Hall–Kier alpha value is -3.40. The number of nitrogens with zero attached hydrogens (tertiary/aromatic N) is 1. The number of hydrogen-bond acceptors (Lipinski definition) is 3. The van der Waals surface area contributed by atoms with E-state index in [0.29, 0.717) is 18.4 Å². The Morgan fingerprint density at radius 2 is 1.84 bits per heavy atom. The highest BCUT2D eigenvalue weighted by molar-refractivity contribution is 6.22. The molecule has 4 heteroatoms. The Balaban J connectivity index is 1.35. The second-order valence-electron chi connectivity index (χ2n) is 8.90. The molecule has 156 valence electrons. The Morgan fingerprint density at radius 1 is 1.13 bits per heavy atom. The third-order valence-corrected chi connectivity index (χ3v) is 6.61. The van der Waals surface area contributed by atoms with Gasteiger partial charge < -0.3 is 9.84 Å². The van der Waals surface area contributed by atoms with Gasteiger partial charge in [-0.1, -0.05) is 54.3 Å². The predicted molar refractivity (Wildman–Crippen MR) is 119 cm³/mol. The van der Waals surface area contributed by atoms with Crippen LogP contribution in [-0.2, 0) is 14.9 Å². The summed E-state index contributed by atoms with van der Waals surface area (Å²) in [5.41, 5.74) is 4.67. The molecule has 1 atom stereocenters. The van der Waals surface area contributed by atoms with Crippen molar-refractivity contribution in [3.63, 3.8) is 0 Å². The lowest BCUT2D eigenvalue weighted by atomic mass is 9.78. The predicted octanol–water partition coefficient (Wildman–Crippen LogP) is 4.04. The van der Waals surface area contributed by atoms with E-state index in [0.717, 1.165) is 22.7 Å². The average molecular weight is 412 g/mol. The summed E-state index contributed by atoms with van der Waals surface area (Å²) in [6, 6.07) is 18.1. The molecule has 0 fully saturated rings. The number of ketones is 1. The molecule has 2 heterocycles. The summed E-state index contributed by atoms with van der Waals surface area (Å²) in [5, 5.41) is 12.9. The maximum Gasteiger partial charge on any atom is 0.209 e. The SMILES string of the molecule is C[N+]1=C(/C=C2/C(=O)C(CC3CC=C(c4ccccc4)O3)=C2[O-])C(C)(C)c2ccccc21. The van der Waals surface area contributed by atoms with Crippen molar-refractivity contribution in [3.05, 3.63) is 94.8 Å². The fourth-order valence-electron chi connectivity index (χ4n) is 4.84. The molecular weight excluding hydrogens is 386 g/mol.